The first kappa shape index (κ1) is 12.9. The summed E-state index contributed by atoms with van der Waals surface area (Å²) in [6.07, 6.45) is 3.66. The van der Waals surface area contributed by atoms with Gasteiger partial charge in [0.05, 0.1) is 11.5 Å². The van der Waals surface area contributed by atoms with Crippen molar-refractivity contribution in [2.75, 3.05) is 6.26 Å². The summed E-state index contributed by atoms with van der Waals surface area (Å²) in [5.41, 5.74) is 5.99. The molecule has 2 aromatic rings. The van der Waals surface area contributed by atoms with E-state index in [0.29, 0.717) is 0 Å². The van der Waals surface area contributed by atoms with Gasteiger partial charge < -0.3 is 10.2 Å². The molecule has 0 fully saturated rings. The van der Waals surface area contributed by atoms with Crippen molar-refractivity contribution in [3.63, 3.8) is 0 Å². The van der Waals surface area contributed by atoms with Crippen LogP contribution < -0.4 is 5.73 Å². The second-order valence-corrected chi connectivity index (χ2v) is 6.87. The Morgan fingerprint density at radius 1 is 1.41 bits per heavy atom. The largest absolute Gasteiger partial charge is 0.468 e. The molecule has 7 heteroatoms. The zero-order valence-corrected chi connectivity index (χ0v) is 11.9. The van der Waals surface area contributed by atoms with Crippen LogP contribution in [-0.2, 0) is 0 Å². The first-order valence-electron chi connectivity index (χ1n) is 5.04. The van der Waals surface area contributed by atoms with Crippen LogP contribution in [0.5, 0.6) is 0 Å². The molecule has 0 aliphatic heterocycles. The molecule has 2 atom stereocenters. The second-order valence-electron chi connectivity index (χ2n) is 3.45. The number of rotatable bonds is 5. The van der Waals surface area contributed by atoms with Gasteiger partial charge in [-0.2, -0.15) is 0 Å². The minimum absolute atomic E-state index is 0.00669. The predicted octanol–water partition coefficient (Wildman–Crippen LogP) is 3.03. The molecule has 2 aromatic heterocycles. The zero-order valence-electron chi connectivity index (χ0n) is 9.49. The van der Waals surface area contributed by atoms with Crippen molar-refractivity contribution in [3.05, 3.63) is 24.2 Å². The maximum atomic E-state index is 5.99. The number of hydrogen-bond donors (Lipinski definition) is 1. The van der Waals surface area contributed by atoms with Crippen LogP contribution in [0.1, 0.15) is 17.9 Å². The van der Waals surface area contributed by atoms with Gasteiger partial charge in [-0.3, -0.25) is 0 Å². The smallest absolute Gasteiger partial charge is 0.175 e. The van der Waals surface area contributed by atoms with E-state index in [-0.39, 0.29) is 11.3 Å². The lowest BCUT2D eigenvalue weighted by atomic mass is 10.2. The highest BCUT2D eigenvalue weighted by Crippen LogP contribution is 2.39. The summed E-state index contributed by atoms with van der Waals surface area (Å²) in [4.78, 5) is 0. The maximum Gasteiger partial charge on any atom is 0.175 e. The number of thioether (sulfide) groups is 2. The molecule has 2 N–H and O–H groups in total. The third-order valence-electron chi connectivity index (χ3n) is 2.09. The molecule has 0 radical (unpaired) electrons. The summed E-state index contributed by atoms with van der Waals surface area (Å²) < 4.78 is 7.30. The van der Waals surface area contributed by atoms with Crippen molar-refractivity contribution in [1.82, 2.24) is 10.2 Å². The molecule has 0 saturated carbocycles. The van der Waals surface area contributed by atoms with Gasteiger partial charge in [0.2, 0.25) is 0 Å². The first-order chi connectivity index (χ1) is 8.20. The van der Waals surface area contributed by atoms with Crippen LogP contribution in [0, 0.1) is 0 Å². The highest BCUT2D eigenvalue weighted by atomic mass is 32.2. The highest BCUT2D eigenvalue weighted by Gasteiger charge is 2.22. The van der Waals surface area contributed by atoms with Crippen LogP contribution in [0.2, 0.25) is 0 Å². The molecule has 0 amide bonds. The Morgan fingerprint density at radius 3 is 2.71 bits per heavy atom. The third kappa shape index (κ3) is 3.25. The van der Waals surface area contributed by atoms with E-state index in [1.807, 2.05) is 25.3 Å². The van der Waals surface area contributed by atoms with Crippen LogP contribution >= 0.6 is 34.9 Å². The summed E-state index contributed by atoms with van der Waals surface area (Å²) in [7, 11) is 0. The Labute approximate surface area is 112 Å². The van der Waals surface area contributed by atoms with Crippen LogP contribution in [0.15, 0.2) is 31.5 Å². The second kappa shape index (κ2) is 5.90. The summed E-state index contributed by atoms with van der Waals surface area (Å²) in [5.74, 6) is 0.880. The molecular weight excluding hydrogens is 274 g/mol. The Hall–Kier alpha value is -0.500. The number of nitrogens with zero attached hydrogens (tertiary/aromatic N) is 2. The molecule has 0 bridgehead atoms. The fraction of sp³-hybridized carbons (Fsp3) is 0.400. The van der Waals surface area contributed by atoms with Gasteiger partial charge in [-0.1, -0.05) is 34.9 Å². The van der Waals surface area contributed by atoms with Crippen molar-refractivity contribution in [2.24, 2.45) is 5.73 Å². The van der Waals surface area contributed by atoms with Gasteiger partial charge in [0.25, 0.3) is 0 Å². The van der Waals surface area contributed by atoms with Gasteiger partial charge in [-0.15, -0.1) is 10.2 Å². The fourth-order valence-electron chi connectivity index (χ4n) is 1.31. The predicted molar refractivity (Wildman–Crippen MR) is 72.6 cm³/mol. The SMILES string of the molecule is CSc1nnc(SC(c2ccco2)C(C)N)s1. The summed E-state index contributed by atoms with van der Waals surface area (Å²) in [6.45, 7) is 1.97. The Morgan fingerprint density at radius 2 is 2.18 bits per heavy atom. The van der Waals surface area contributed by atoms with Crippen LogP contribution in [0.25, 0.3) is 0 Å². The van der Waals surface area contributed by atoms with Gasteiger partial charge in [0.1, 0.15) is 5.76 Å². The monoisotopic (exact) mass is 287 g/mol. The van der Waals surface area contributed by atoms with Crippen LogP contribution in [-0.4, -0.2) is 22.5 Å². The van der Waals surface area contributed by atoms with E-state index in [1.165, 1.54) is 0 Å². The minimum Gasteiger partial charge on any atom is -0.468 e. The summed E-state index contributed by atoms with van der Waals surface area (Å²) in [5, 5.41) is 8.28. The van der Waals surface area contributed by atoms with Gasteiger partial charge >= 0.3 is 0 Å². The molecule has 0 aliphatic carbocycles. The Balaban J connectivity index is 2.13. The van der Waals surface area contributed by atoms with E-state index < -0.39 is 0 Å². The van der Waals surface area contributed by atoms with Crippen molar-refractivity contribution in [3.8, 4) is 0 Å². The number of aromatic nitrogens is 2. The third-order valence-corrected chi connectivity index (χ3v) is 5.52. The molecule has 17 heavy (non-hydrogen) atoms. The summed E-state index contributed by atoms with van der Waals surface area (Å²) in [6, 6.07) is 3.81. The Kier molecular flexibility index (Phi) is 4.49. The van der Waals surface area contributed by atoms with Crippen LogP contribution in [0.4, 0.5) is 0 Å². The molecular formula is C10H13N3OS3. The van der Waals surface area contributed by atoms with Gasteiger partial charge in [-0.25, -0.2) is 0 Å². The lowest BCUT2D eigenvalue weighted by molar-refractivity contribution is 0.486. The van der Waals surface area contributed by atoms with Gasteiger partial charge in [0, 0.05) is 6.04 Å². The van der Waals surface area contributed by atoms with Crippen molar-refractivity contribution in [2.45, 2.75) is 26.9 Å². The number of furan rings is 1. The normalized spacial score (nSPS) is 14.8. The van der Waals surface area contributed by atoms with E-state index >= 15 is 0 Å². The minimum atomic E-state index is -0.00669. The molecule has 0 spiro atoms. The quantitative estimate of drug-likeness (QED) is 0.853. The first-order valence-corrected chi connectivity index (χ1v) is 7.96. The highest BCUT2D eigenvalue weighted by molar-refractivity contribution is 8.03. The number of hydrogen-bond acceptors (Lipinski definition) is 7. The fourth-order valence-corrected chi connectivity index (χ4v) is 3.99. The van der Waals surface area contributed by atoms with E-state index in [9.17, 15) is 0 Å². The average Bonchev–Trinajstić information content (AvgIpc) is 2.96. The molecule has 2 unspecified atom stereocenters. The Bertz CT molecular complexity index is 455. The molecule has 2 rings (SSSR count). The van der Waals surface area contributed by atoms with E-state index in [4.69, 9.17) is 10.2 Å². The lowest BCUT2D eigenvalue weighted by Gasteiger charge is -2.15. The molecule has 4 nitrogen and oxygen atoms in total. The average molecular weight is 287 g/mol. The standard InChI is InChI=1S/C10H13N3OS3/c1-6(11)8(7-4-3-5-14-7)16-10-13-12-9(15-2)17-10/h3-6,8H,11H2,1-2H3. The number of nitrogens with two attached hydrogens (primary N) is 1. The van der Waals surface area contributed by atoms with Gasteiger partial charge in [-0.05, 0) is 25.3 Å². The van der Waals surface area contributed by atoms with E-state index in [0.717, 1.165) is 14.4 Å². The van der Waals surface area contributed by atoms with Crippen molar-refractivity contribution >= 4 is 34.9 Å². The van der Waals surface area contributed by atoms with Gasteiger partial charge in [0.15, 0.2) is 8.68 Å². The maximum absolute atomic E-state index is 5.99. The van der Waals surface area contributed by atoms with E-state index in [1.54, 1.807) is 41.1 Å². The topological polar surface area (TPSA) is 64.9 Å². The molecule has 0 saturated heterocycles. The lowest BCUT2D eigenvalue weighted by Crippen LogP contribution is -2.22. The van der Waals surface area contributed by atoms with Crippen molar-refractivity contribution in [1.29, 1.82) is 0 Å². The zero-order chi connectivity index (χ0) is 12.3. The van der Waals surface area contributed by atoms with Crippen molar-refractivity contribution < 1.29 is 4.42 Å². The molecule has 2 heterocycles. The molecule has 92 valence electrons. The molecule has 0 aliphatic rings. The summed E-state index contributed by atoms with van der Waals surface area (Å²) >= 11 is 4.79. The molecule has 0 aromatic carbocycles. The van der Waals surface area contributed by atoms with Crippen LogP contribution in [0.3, 0.4) is 0 Å². The van der Waals surface area contributed by atoms with E-state index in [2.05, 4.69) is 10.2 Å².